The number of rotatable bonds is 4. The molecule has 1 heterocycles. The third-order valence-corrected chi connectivity index (χ3v) is 4.07. The Labute approximate surface area is 132 Å². The van der Waals surface area contributed by atoms with Gasteiger partial charge in [-0.25, -0.2) is 0 Å². The van der Waals surface area contributed by atoms with Gasteiger partial charge in [-0.05, 0) is 58.2 Å². The van der Waals surface area contributed by atoms with Crippen molar-refractivity contribution in [3.63, 3.8) is 0 Å². The van der Waals surface area contributed by atoms with E-state index in [0.717, 1.165) is 15.9 Å². The van der Waals surface area contributed by atoms with Gasteiger partial charge >= 0.3 is 0 Å². The average molecular weight is 342 g/mol. The minimum Gasteiger partial charge on any atom is -0.467 e. The van der Waals surface area contributed by atoms with Gasteiger partial charge < -0.3 is 9.73 Å². The van der Waals surface area contributed by atoms with Gasteiger partial charge in [-0.2, -0.15) is 0 Å². The summed E-state index contributed by atoms with van der Waals surface area (Å²) in [6.45, 7) is 2.09. The van der Waals surface area contributed by atoms with Crippen LogP contribution in [-0.2, 0) is 0 Å². The van der Waals surface area contributed by atoms with E-state index < -0.39 is 0 Å². The summed E-state index contributed by atoms with van der Waals surface area (Å²) in [6, 6.07) is 20.5. The first-order chi connectivity index (χ1) is 10.2. The van der Waals surface area contributed by atoms with Gasteiger partial charge in [0.15, 0.2) is 0 Å². The van der Waals surface area contributed by atoms with E-state index in [0.29, 0.717) is 0 Å². The molecule has 106 valence electrons. The maximum Gasteiger partial charge on any atom is 0.130 e. The van der Waals surface area contributed by atoms with Crippen LogP contribution in [0.3, 0.4) is 0 Å². The number of furan rings is 1. The second-order valence-corrected chi connectivity index (χ2v) is 5.84. The van der Waals surface area contributed by atoms with Crippen molar-refractivity contribution in [1.82, 2.24) is 0 Å². The number of hydrogen-bond acceptors (Lipinski definition) is 2. The summed E-state index contributed by atoms with van der Waals surface area (Å²) in [6.07, 6.45) is 1.71. The van der Waals surface area contributed by atoms with Gasteiger partial charge in [0, 0.05) is 10.2 Å². The topological polar surface area (TPSA) is 25.2 Å². The molecular weight excluding hydrogens is 326 g/mol. The van der Waals surface area contributed by atoms with E-state index in [9.17, 15) is 0 Å². The monoisotopic (exact) mass is 341 g/mol. The van der Waals surface area contributed by atoms with Crippen molar-refractivity contribution in [2.24, 2.45) is 0 Å². The Balaban J connectivity index is 1.99. The van der Waals surface area contributed by atoms with Crippen molar-refractivity contribution >= 4 is 21.6 Å². The van der Waals surface area contributed by atoms with Gasteiger partial charge in [0.05, 0.1) is 6.26 Å². The summed E-state index contributed by atoms with van der Waals surface area (Å²) < 4.78 is 6.66. The molecule has 1 atom stereocenters. The van der Waals surface area contributed by atoms with Gasteiger partial charge in [-0.1, -0.05) is 36.4 Å². The van der Waals surface area contributed by atoms with Crippen LogP contribution >= 0.6 is 15.9 Å². The van der Waals surface area contributed by atoms with E-state index in [4.69, 9.17) is 4.42 Å². The smallest absolute Gasteiger partial charge is 0.130 e. The van der Waals surface area contributed by atoms with Gasteiger partial charge in [0.25, 0.3) is 0 Å². The highest BCUT2D eigenvalue weighted by Crippen LogP contribution is 2.31. The third-order valence-electron chi connectivity index (χ3n) is 3.38. The highest BCUT2D eigenvalue weighted by molar-refractivity contribution is 9.10. The molecule has 0 aliphatic heterocycles. The molecule has 0 fully saturated rings. The van der Waals surface area contributed by atoms with E-state index in [1.165, 1.54) is 11.1 Å². The Morgan fingerprint density at radius 2 is 1.81 bits per heavy atom. The maximum absolute atomic E-state index is 5.61. The minimum atomic E-state index is -0.0145. The molecule has 0 amide bonds. The molecule has 1 N–H and O–H groups in total. The van der Waals surface area contributed by atoms with Crippen LogP contribution in [0.1, 0.15) is 22.9 Å². The van der Waals surface area contributed by atoms with Crippen LogP contribution in [0.4, 0.5) is 5.69 Å². The van der Waals surface area contributed by atoms with Gasteiger partial charge in [-0.3, -0.25) is 0 Å². The Morgan fingerprint density at radius 3 is 2.52 bits per heavy atom. The van der Waals surface area contributed by atoms with E-state index in [1.807, 2.05) is 30.3 Å². The number of benzene rings is 2. The predicted octanol–water partition coefficient (Wildman–Crippen LogP) is 5.55. The Hall–Kier alpha value is -2.00. The van der Waals surface area contributed by atoms with E-state index in [-0.39, 0.29) is 6.04 Å². The summed E-state index contributed by atoms with van der Waals surface area (Å²) in [5.41, 5.74) is 3.44. The fraction of sp³-hybridized carbons (Fsp3) is 0.111. The fourth-order valence-corrected chi connectivity index (χ4v) is 2.69. The summed E-state index contributed by atoms with van der Waals surface area (Å²) >= 11 is 3.60. The minimum absolute atomic E-state index is 0.0145. The van der Waals surface area contributed by atoms with Crippen molar-refractivity contribution in [3.05, 3.63) is 88.3 Å². The summed E-state index contributed by atoms with van der Waals surface area (Å²) in [4.78, 5) is 0. The molecule has 0 aliphatic rings. The van der Waals surface area contributed by atoms with Crippen LogP contribution in [0.2, 0.25) is 0 Å². The SMILES string of the molecule is Cc1ccc(Br)c(NC(c2ccccc2)c2ccco2)c1. The molecule has 0 saturated heterocycles. The van der Waals surface area contributed by atoms with Crippen LogP contribution in [0, 0.1) is 6.92 Å². The molecular formula is C18H16BrNO. The first-order valence-corrected chi connectivity index (χ1v) is 7.64. The molecule has 0 aliphatic carbocycles. The van der Waals surface area contributed by atoms with Gasteiger partial charge in [0.1, 0.15) is 11.8 Å². The molecule has 0 radical (unpaired) electrons. The zero-order valence-corrected chi connectivity index (χ0v) is 13.3. The van der Waals surface area contributed by atoms with Crippen molar-refractivity contribution in [3.8, 4) is 0 Å². The fourth-order valence-electron chi connectivity index (χ4n) is 2.32. The largest absolute Gasteiger partial charge is 0.467 e. The highest BCUT2D eigenvalue weighted by Gasteiger charge is 2.17. The molecule has 21 heavy (non-hydrogen) atoms. The number of anilines is 1. The number of halogens is 1. The number of nitrogens with one attached hydrogen (secondary N) is 1. The molecule has 2 aromatic carbocycles. The van der Waals surface area contributed by atoms with Crippen molar-refractivity contribution in [1.29, 1.82) is 0 Å². The van der Waals surface area contributed by atoms with Crippen LogP contribution in [0.15, 0.2) is 75.8 Å². The van der Waals surface area contributed by atoms with Gasteiger partial charge in [0.2, 0.25) is 0 Å². The molecule has 3 aromatic rings. The number of aryl methyl sites for hydroxylation is 1. The first kappa shape index (κ1) is 14.0. The Bertz CT molecular complexity index is 707. The molecule has 0 saturated carbocycles. The van der Waals surface area contributed by atoms with Crippen molar-refractivity contribution in [2.45, 2.75) is 13.0 Å². The third kappa shape index (κ3) is 3.19. The zero-order valence-electron chi connectivity index (χ0n) is 11.7. The molecule has 3 rings (SSSR count). The van der Waals surface area contributed by atoms with Crippen LogP contribution in [0.25, 0.3) is 0 Å². The molecule has 0 bridgehead atoms. The van der Waals surface area contributed by atoms with Crippen molar-refractivity contribution < 1.29 is 4.42 Å². The average Bonchev–Trinajstić information content (AvgIpc) is 3.03. The lowest BCUT2D eigenvalue weighted by Gasteiger charge is -2.19. The quantitative estimate of drug-likeness (QED) is 0.672. The highest BCUT2D eigenvalue weighted by atomic mass is 79.9. The van der Waals surface area contributed by atoms with Crippen LogP contribution in [0.5, 0.6) is 0 Å². The molecule has 1 aromatic heterocycles. The second-order valence-electron chi connectivity index (χ2n) is 4.99. The van der Waals surface area contributed by atoms with Crippen molar-refractivity contribution in [2.75, 3.05) is 5.32 Å². The summed E-state index contributed by atoms with van der Waals surface area (Å²) in [7, 11) is 0. The van der Waals surface area contributed by atoms with Crippen LogP contribution in [-0.4, -0.2) is 0 Å². The number of hydrogen-bond donors (Lipinski definition) is 1. The molecule has 0 spiro atoms. The first-order valence-electron chi connectivity index (χ1n) is 6.85. The van der Waals surface area contributed by atoms with Crippen LogP contribution < -0.4 is 5.32 Å². The Morgan fingerprint density at radius 1 is 1.00 bits per heavy atom. The zero-order chi connectivity index (χ0) is 14.7. The van der Waals surface area contributed by atoms with Gasteiger partial charge in [-0.15, -0.1) is 0 Å². The van der Waals surface area contributed by atoms with E-state index >= 15 is 0 Å². The van der Waals surface area contributed by atoms with E-state index in [2.05, 4.69) is 58.5 Å². The van der Waals surface area contributed by atoms with E-state index in [1.54, 1.807) is 6.26 Å². The summed E-state index contributed by atoms with van der Waals surface area (Å²) in [5, 5.41) is 3.57. The predicted molar refractivity (Wildman–Crippen MR) is 89.5 cm³/mol. The lowest BCUT2D eigenvalue weighted by atomic mass is 10.0. The second kappa shape index (κ2) is 6.19. The Kier molecular flexibility index (Phi) is 4.11. The molecule has 1 unspecified atom stereocenters. The maximum atomic E-state index is 5.61. The lowest BCUT2D eigenvalue weighted by Crippen LogP contribution is -2.12. The summed E-state index contributed by atoms with van der Waals surface area (Å²) in [5.74, 6) is 0.898. The molecule has 2 nitrogen and oxygen atoms in total. The standard InChI is InChI=1S/C18H16BrNO/c1-13-9-10-15(19)16(12-13)20-18(17-8-5-11-21-17)14-6-3-2-4-7-14/h2-12,18,20H,1H3. The lowest BCUT2D eigenvalue weighted by molar-refractivity contribution is 0.499. The molecule has 3 heteroatoms. The normalized spacial score (nSPS) is 12.1.